The topological polar surface area (TPSA) is 100 Å². The summed E-state index contributed by atoms with van der Waals surface area (Å²) in [5.41, 5.74) is 1.27. The van der Waals surface area contributed by atoms with Crippen LogP contribution in [0, 0.1) is 26.6 Å². The lowest BCUT2D eigenvalue weighted by Gasteiger charge is -2.20. The summed E-state index contributed by atoms with van der Waals surface area (Å²) in [6.07, 6.45) is 0. The Bertz CT molecular complexity index is 1000. The standard InChI is InChI=1S/C22H28FN3O4/c1-12-11-15(7-8-16(12)23)24-20(29)17-13(2)18(26(9-10-27)14(17)3)19(28)21(30)25-22(4,5)6/h7-8,11,27H,9-10H2,1-6H3,(H,24,29)(H,25,30). The summed E-state index contributed by atoms with van der Waals surface area (Å²) in [6.45, 7) is 9.87. The van der Waals surface area contributed by atoms with E-state index in [2.05, 4.69) is 10.6 Å². The number of hydrogen-bond acceptors (Lipinski definition) is 4. The Morgan fingerprint density at radius 1 is 1.13 bits per heavy atom. The summed E-state index contributed by atoms with van der Waals surface area (Å²) in [5.74, 6) is -2.44. The van der Waals surface area contributed by atoms with Crippen molar-refractivity contribution in [1.82, 2.24) is 9.88 Å². The molecule has 0 atom stereocenters. The van der Waals surface area contributed by atoms with Crippen LogP contribution in [0.1, 0.15) is 58.4 Å². The fourth-order valence-corrected chi connectivity index (χ4v) is 3.32. The minimum Gasteiger partial charge on any atom is -0.395 e. The zero-order chi connectivity index (χ0) is 22.8. The van der Waals surface area contributed by atoms with Crippen molar-refractivity contribution in [3.63, 3.8) is 0 Å². The second-order valence-electron chi connectivity index (χ2n) is 8.26. The van der Waals surface area contributed by atoms with Crippen molar-refractivity contribution in [3.8, 4) is 0 Å². The van der Waals surface area contributed by atoms with E-state index in [0.29, 0.717) is 22.5 Å². The molecule has 0 saturated heterocycles. The molecule has 0 aliphatic heterocycles. The van der Waals surface area contributed by atoms with Crippen molar-refractivity contribution < 1.29 is 23.9 Å². The van der Waals surface area contributed by atoms with E-state index in [4.69, 9.17) is 0 Å². The Morgan fingerprint density at radius 3 is 2.30 bits per heavy atom. The van der Waals surface area contributed by atoms with Gasteiger partial charge in [0.2, 0.25) is 0 Å². The van der Waals surface area contributed by atoms with Gasteiger partial charge in [0.1, 0.15) is 5.82 Å². The predicted molar refractivity (Wildman–Crippen MR) is 112 cm³/mol. The SMILES string of the molecule is Cc1cc(NC(=O)c2c(C)c(C(=O)C(=O)NC(C)(C)C)n(CCO)c2C)ccc1F. The van der Waals surface area contributed by atoms with Crippen molar-refractivity contribution in [2.24, 2.45) is 0 Å². The van der Waals surface area contributed by atoms with Crippen LogP contribution in [0.25, 0.3) is 0 Å². The fraction of sp³-hybridized carbons (Fsp3) is 0.409. The van der Waals surface area contributed by atoms with Gasteiger partial charge in [-0.2, -0.15) is 0 Å². The minimum atomic E-state index is -0.789. The van der Waals surface area contributed by atoms with Crippen LogP contribution in [0.4, 0.5) is 10.1 Å². The van der Waals surface area contributed by atoms with E-state index < -0.39 is 23.1 Å². The van der Waals surface area contributed by atoms with Crippen molar-refractivity contribution in [3.05, 3.63) is 52.1 Å². The van der Waals surface area contributed by atoms with Gasteiger partial charge in [-0.3, -0.25) is 14.4 Å². The molecule has 1 aromatic carbocycles. The summed E-state index contributed by atoms with van der Waals surface area (Å²) in [5, 5.41) is 14.8. The molecule has 0 spiro atoms. The zero-order valence-corrected chi connectivity index (χ0v) is 18.1. The van der Waals surface area contributed by atoms with Crippen LogP contribution < -0.4 is 10.6 Å². The van der Waals surface area contributed by atoms with Crippen molar-refractivity contribution >= 4 is 23.3 Å². The molecular formula is C22H28FN3O4. The Balaban J connectivity index is 2.47. The number of aromatic nitrogens is 1. The number of hydrogen-bond donors (Lipinski definition) is 3. The van der Waals surface area contributed by atoms with Crippen LogP contribution in [0.2, 0.25) is 0 Å². The van der Waals surface area contributed by atoms with E-state index >= 15 is 0 Å². The molecule has 7 nitrogen and oxygen atoms in total. The lowest BCUT2D eigenvalue weighted by atomic mass is 10.1. The summed E-state index contributed by atoms with van der Waals surface area (Å²) in [4.78, 5) is 38.3. The largest absolute Gasteiger partial charge is 0.395 e. The van der Waals surface area contributed by atoms with Crippen LogP contribution in [-0.4, -0.2) is 39.4 Å². The highest BCUT2D eigenvalue weighted by atomic mass is 19.1. The van der Waals surface area contributed by atoms with Gasteiger partial charge in [-0.25, -0.2) is 4.39 Å². The molecule has 30 heavy (non-hydrogen) atoms. The van der Waals surface area contributed by atoms with Gasteiger partial charge < -0.3 is 20.3 Å². The highest BCUT2D eigenvalue weighted by Gasteiger charge is 2.31. The van der Waals surface area contributed by atoms with Gasteiger partial charge in [0.25, 0.3) is 17.6 Å². The molecule has 0 aliphatic carbocycles. The van der Waals surface area contributed by atoms with Gasteiger partial charge in [0, 0.05) is 23.5 Å². The number of ketones is 1. The molecule has 0 radical (unpaired) electrons. The summed E-state index contributed by atoms with van der Waals surface area (Å²) >= 11 is 0. The number of anilines is 1. The average molecular weight is 417 g/mol. The number of rotatable bonds is 6. The number of aryl methyl sites for hydroxylation is 1. The fourth-order valence-electron chi connectivity index (χ4n) is 3.32. The second kappa shape index (κ2) is 8.79. The summed E-state index contributed by atoms with van der Waals surface area (Å²) in [7, 11) is 0. The minimum absolute atomic E-state index is 0.0550. The van der Waals surface area contributed by atoms with E-state index in [1.54, 1.807) is 41.5 Å². The third kappa shape index (κ3) is 4.94. The van der Waals surface area contributed by atoms with Crippen molar-refractivity contribution in [2.75, 3.05) is 11.9 Å². The molecule has 1 aromatic heterocycles. The second-order valence-corrected chi connectivity index (χ2v) is 8.26. The van der Waals surface area contributed by atoms with Gasteiger partial charge in [-0.15, -0.1) is 0 Å². The number of carbonyl (C=O) groups excluding carboxylic acids is 3. The molecule has 0 fully saturated rings. The molecule has 1 heterocycles. The number of nitrogens with zero attached hydrogens (tertiary/aromatic N) is 1. The Hall–Kier alpha value is -3.00. The third-order valence-electron chi connectivity index (χ3n) is 4.64. The summed E-state index contributed by atoms with van der Waals surface area (Å²) < 4.78 is 15.0. The predicted octanol–water partition coefficient (Wildman–Crippen LogP) is 2.89. The van der Waals surface area contributed by atoms with Crippen LogP contribution in [-0.2, 0) is 11.3 Å². The molecule has 0 unspecified atom stereocenters. The Kier molecular flexibility index (Phi) is 6.82. The number of halogens is 1. The number of benzene rings is 1. The van der Waals surface area contributed by atoms with Crippen LogP contribution in [0.5, 0.6) is 0 Å². The molecule has 162 valence electrons. The first-order valence-electron chi connectivity index (χ1n) is 9.62. The maximum atomic E-state index is 13.5. The Morgan fingerprint density at radius 2 is 1.77 bits per heavy atom. The lowest BCUT2D eigenvalue weighted by molar-refractivity contribution is -0.118. The monoisotopic (exact) mass is 417 g/mol. The normalized spacial score (nSPS) is 11.3. The van der Waals surface area contributed by atoms with Crippen molar-refractivity contribution in [2.45, 2.75) is 53.6 Å². The van der Waals surface area contributed by atoms with Gasteiger partial charge in [0.15, 0.2) is 0 Å². The number of Topliss-reactive ketones (excluding diaryl/α,β-unsaturated/α-hetero) is 1. The molecule has 2 rings (SSSR count). The highest BCUT2D eigenvalue weighted by Crippen LogP contribution is 2.25. The van der Waals surface area contributed by atoms with Gasteiger partial charge in [-0.05, 0) is 70.9 Å². The molecule has 8 heteroatoms. The number of amides is 2. The molecule has 2 amide bonds. The van der Waals surface area contributed by atoms with Gasteiger partial charge in [0.05, 0.1) is 17.9 Å². The van der Waals surface area contributed by atoms with Crippen LogP contribution in [0.15, 0.2) is 18.2 Å². The molecule has 0 aliphatic rings. The van der Waals surface area contributed by atoms with E-state index in [1.165, 1.54) is 22.8 Å². The van der Waals surface area contributed by atoms with E-state index in [-0.39, 0.29) is 30.2 Å². The van der Waals surface area contributed by atoms with E-state index in [1.807, 2.05) is 0 Å². The lowest BCUT2D eigenvalue weighted by Crippen LogP contribution is -2.44. The number of aliphatic hydroxyl groups is 1. The maximum Gasteiger partial charge on any atom is 0.294 e. The molecule has 2 aromatic rings. The first kappa shape index (κ1) is 23.3. The zero-order valence-electron chi connectivity index (χ0n) is 18.1. The van der Waals surface area contributed by atoms with E-state index in [0.717, 1.165) is 0 Å². The first-order chi connectivity index (χ1) is 13.9. The Labute approximate surface area is 175 Å². The number of nitrogens with one attached hydrogen (secondary N) is 2. The smallest absolute Gasteiger partial charge is 0.294 e. The van der Waals surface area contributed by atoms with Gasteiger partial charge >= 0.3 is 0 Å². The number of aliphatic hydroxyl groups excluding tert-OH is 1. The average Bonchev–Trinajstić information content (AvgIpc) is 2.86. The maximum absolute atomic E-state index is 13.5. The highest BCUT2D eigenvalue weighted by molar-refractivity contribution is 6.43. The first-order valence-corrected chi connectivity index (χ1v) is 9.62. The van der Waals surface area contributed by atoms with Crippen LogP contribution >= 0.6 is 0 Å². The van der Waals surface area contributed by atoms with E-state index in [9.17, 15) is 23.9 Å². The quantitative estimate of drug-likeness (QED) is 0.497. The number of carbonyl (C=O) groups is 3. The third-order valence-corrected chi connectivity index (χ3v) is 4.64. The van der Waals surface area contributed by atoms with Gasteiger partial charge in [-0.1, -0.05) is 0 Å². The van der Waals surface area contributed by atoms with Crippen LogP contribution in [0.3, 0.4) is 0 Å². The molecule has 0 saturated carbocycles. The van der Waals surface area contributed by atoms with Crippen molar-refractivity contribution in [1.29, 1.82) is 0 Å². The molecule has 3 N–H and O–H groups in total. The molecule has 0 bridgehead atoms. The summed E-state index contributed by atoms with van der Waals surface area (Å²) in [6, 6.07) is 4.21. The molecular weight excluding hydrogens is 389 g/mol.